The fourth-order valence-electron chi connectivity index (χ4n) is 2.50. The number of benzene rings is 1. The van der Waals surface area contributed by atoms with Gasteiger partial charge in [0.15, 0.2) is 0 Å². The Bertz CT molecular complexity index is 393. The van der Waals surface area contributed by atoms with E-state index in [9.17, 15) is 4.39 Å². The van der Waals surface area contributed by atoms with E-state index in [4.69, 9.17) is 10.5 Å². The molecule has 100 valence electrons. The number of morpholine rings is 1. The van der Waals surface area contributed by atoms with Gasteiger partial charge in [0.2, 0.25) is 0 Å². The Hall–Kier alpha value is -0.970. The third-order valence-corrected chi connectivity index (χ3v) is 3.69. The summed E-state index contributed by atoms with van der Waals surface area (Å²) in [7, 11) is 0. The molecule has 0 bridgehead atoms. The van der Waals surface area contributed by atoms with Crippen molar-refractivity contribution in [1.82, 2.24) is 4.90 Å². The zero-order chi connectivity index (χ0) is 13.0. The maximum atomic E-state index is 13.2. The van der Waals surface area contributed by atoms with Crippen molar-refractivity contribution in [3.63, 3.8) is 0 Å². The second-order valence-electron chi connectivity index (χ2n) is 5.11. The highest BCUT2D eigenvalue weighted by atomic mass is 19.1. The van der Waals surface area contributed by atoms with E-state index in [-0.39, 0.29) is 11.4 Å². The lowest BCUT2D eigenvalue weighted by Crippen LogP contribution is -2.56. The summed E-state index contributed by atoms with van der Waals surface area (Å²) in [6.07, 6.45) is 0.765. The zero-order valence-corrected chi connectivity index (χ0v) is 10.9. The molecule has 4 heteroatoms. The van der Waals surface area contributed by atoms with Crippen LogP contribution < -0.4 is 5.73 Å². The lowest BCUT2D eigenvalue weighted by molar-refractivity contribution is -0.0132. The highest BCUT2D eigenvalue weighted by Gasteiger charge is 2.31. The van der Waals surface area contributed by atoms with Gasteiger partial charge in [-0.15, -0.1) is 0 Å². The van der Waals surface area contributed by atoms with Crippen molar-refractivity contribution in [2.45, 2.75) is 18.9 Å². The standard InChI is InChI=1S/C14H21FN2O/c1-14(11-16,17-5-7-18-8-6-17)10-12-3-2-4-13(15)9-12/h2-4,9H,5-8,10-11,16H2,1H3. The molecule has 18 heavy (non-hydrogen) atoms. The number of ether oxygens (including phenoxy) is 1. The molecule has 1 aromatic carbocycles. The molecule has 1 aromatic rings. The van der Waals surface area contributed by atoms with Gasteiger partial charge in [-0.2, -0.15) is 0 Å². The monoisotopic (exact) mass is 252 g/mol. The maximum absolute atomic E-state index is 13.2. The second-order valence-corrected chi connectivity index (χ2v) is 5.11. The van der Waals surface area contributed by atoms with Gasteiger partial charge < -0.3 is 10.5 Å². The van der Waals surface area contributed by atoms with E-state index < -0.39 is 0 Å². The molecule has 1 heterocycles. The quantitative estimate of drug-likeness (QED) is 0.880. The molecule has 1 fully saturated rings. The highest BCUT2D eigenvalue weighted by Crippen LogP contribution is 2.21. The summed E-state index contributed by atoms with van der Waals surface area (Å²) in [5.41, 5.74) is 6.81. The minimum Gasteiger partial charge on any atom is -0.379 e. The predicted molar refractivity (Wildman–Crippen MR) is 70.0 cm³/mol. The molecule has 0 aliphatic carbocycles. The van der Waals surface area contributed by atoms with Crippen LogP contribution in [0.4, 0.5) is 4.39 Å². The Labute approximate surface area is 108 Å². The zero-order valence-electron chi connectivity index (χ0n) is 10.9. The summed E-state index contributed by atoms with van der Waals surface area (Å²) >= 11 is 0. The van der Waals surface area contributed by atoms with Crippen LogP contribution >= 0.6 is 0 Å². The van der Waals surface area contributed by atoms with Crippen LogP contribution in [0.5, 0.6) is 0 Å². The average molecular weight is 252 g/mol. The number of hydrogen-bond acceptors (Lipinski definition) is 3. The van der Waals surface area contributed by atoms with Gasteiger partial charge in [0.1, 0.15) is 5.82 Å². The fourth-order valence-corrected chi connectivity index (χ4v) is 2.50. The van der Waals surface area contributed by atoms with Crippen LogP contribution in [0.15, 0.2) is 24.3 Å². The SMILES string of the molecule is CC(CN)(Cc1cccc(F)c1)N1CCOCC1. The first-order chi connectivity index (χ1) is 8.64. The van der Waals surface area contributed by atoms with Gasteiger partial charge in [-0.05, 0) is 31.0 Å². The number of hydrogen-bond donors (Lipinski definition) is 1. The minimum absolute atomic E-state index is 0.127. The molecule has 1 aliphatic heterocycles. The van der Waals surface area contributed by atoms with Crippen molar-refractivity contribution < 1.29 is 9.13 Å². The first-order valence-electron chi connectivity index (χ1n) is 6.41. The van der Waals surface area contributed by atoms with Crippen LogP contribution in [0.3, 0.4) is 0 Å². The highest BCUT2D eigenvalue weighted by molar-refractivity contribution is 5.19. The van der Waals surface area contributed by atoms with E-state index >= 15 is 0 Å². The van der Waals surface area contributed by atoms with E-state index in [0.29, 0.717) is 6.54 Å². The first-order valence-corrected chi connectivity index (χ1v) is 6.41. The predicted octanol–water partition coefficient (Wildman–Crippen LogP) is 1.42. The third-order valence-electron chi connectivity index (χ3n) is 3.69. The summed E-state index contributed by atoms with van der Waals surface area (Å²) in [6.45, 7) is 5.98. The Kier molecular flexibility index (Phi) is 4.32. The van der Waals surface area contributed by atoms with Crippen molar-refractivity contribution in [2.75, 3.05) is 32.8 Å². The molecular weight excluding hydrogens is 231 g/mol. The molecule has 1 atom stereocenters. The molecule has 0 amide bonds. The Morgan fingerprint density at radius 3 is 2.72 bits per heavy atom. The smallest absolute Gasteiger partial charge is 0.123 e. The largest absolute Gasteiger partial charge is 0.379 e. The lowest BCUT2D eigenvalue weighted by Gasteiger charge is -2.42. The molecule has 0 spiro atoms. The van der Waals surface area contributed by atoms with Crippen LogP contribution in [0.2, 0.25) is 0 Å². The van der Waals surface area contributed by atoms with Gasteiger partial charge >= 0.3 is 0 Å². The van der Waals surface area contributed by atoms with E-state index in [1.54, 1.807) is 12.1 Å². The third kappa shape index (κ3) is 3.07. The van der Waals surface area contributed by atoms with Gasteiger partial charge in [-0.1, -0.05) is 12.1 Å². The van der Waals surface area contributed by atoms with E-state index in [1.807, 2.05) is 6.07 Å². The normalized spacial score (nSPS) is 20.6. The summed E-state index contributed by atoms with van der Waals surface area (Å²) in [5, 5.41) is 0. The summed E-state index contributed by atoms with van der Waals surface area (Å²) in [6, 6.07) is 6.77. The molecule has 2 N–H and O–H groups in total. The molecule has 2 rings (SSSR count). The Morgan fingerprint density at radius 1 is 1.39 bits per heavy atom. The van der Waals surface area contributed by atoms with Crippen LogP contribution in [-0.4, -0.2) is 43.3 Å². The van der Waals surface area contributed by atoms with E-state index in [0.717, 1.165) is 38.3 Å². The van der Waals surface area contributed by atoms with Gasteiger partial charge in [-0.3, -0.25) is 4.90 Å². The Morgan fingerprint density at radius 2 is 2.11 bits per heavy atom. The van der Waals surface area contributed by atoms with Gasteiger partial charge in [-0.25, -0.2) is 4.39 Å². The number of nitrogens with zero attached hydrogens (tertiary/aromatic N) is 1. The number of rotatable bonds is 4. The average Bonchev–Trinajstić information content (AvgIpc) is 2.39. The van der Waals surface area contributed by atoms with Gasteiger partial charge in [0.25, 0.3) is 0 Å². The minimum atomic E-state index is -0.186. The summed E-state index contributed by atoms with van der Waals surface area (Å²) in [4.78, 5) is 2.35. The number of halogens is 1. The van der Waals surface area contributed by atoms with Crippen molar-refractivity contribution in [2.24, 2.45) is 5.73 Å². The van der Waals surface area contributed by atoms with Gasteiger partial charge in [0.05, 0.1) is 13.2 Å². The molecule has 1 aliphatic rings. The van der Waals surface area contributed by atoms with Gasteiger partial charge in [0, 0.05) is 25.2 Å². The summed E-state index contributed by atoms with van der Waals surface area (Å²) in [5.74, 6) is -0.186. The Balaban J connectivity index is 2.11. The van der Waals surface area contributed by atoms with E-state index in [1.165, 1.54) is 6.07 Å². The van der Waals surface area contributed by atoms with Crippen LogP contribution in [0.25, 0.3) is 0 Å². The summed E-state index contributed by atoms with van der Waals surface area (Å²) < 4.78 is 18.6. The molecule has 0 saturated carbocycles. The van der Waals surface area contributed by atoms with E-state index in [2.05, 4.69) is 11.8 Å². The maximum Gasteiger partial charge on any atom is 0.123 e. The second kappa shape index (κ2) is 5.78. The van der Waals surface area contributed by atoms with Crippen molar-refractivity contribution >= 4 is 0 Å². The van der Waals surface area contributed by atoms with Crippen LogP contribution in [-0.2, 0) is 11.2 Å². The van der Waals surface area contributed by atoms with Crippen LogP contribution in [0.1, 0.15) is 12.5 Å². The molecule has 0 aromatic heterocycles. The van der Waals surface area contributed by atoms with Crippen molar-refractivity contribution in [1.29, 1.82) is 0 Å². The molecule has 0 radical (unpaired) electrons. The number of nitrogens with two attached hydrogens (primary N) is 1. The van der Waals surface area contributed by atoms with Crippen molar-refractivity contribution in [3.8, 4) is 0 Å². The first kappa shape index (κ1) is 13.5. The topological polar surface area (TPSA) is 38.5 Å². The van der Waals surface area contributed by atoms with Crippen LogP contribution in [0, 0.1) is 5.82 Å². The molecule has 1 unspecified atom stereocenters. The molecular formula is C14H21FN2O. The lowest BCUT2D eigenvalue weighted by atomic mass is 9.90. The molecule has 1 saturated heterocycles. The fraction of sp³-hybridized carbons (Fsp3) is 0.571. The molecule has 3 nitrogen and oxygen atoms in total. The van der Waals surface area contributed by atoms with Crippen molar-refractivity contribution in [3.05, 3.63) is 35.6 Å².